The summed E-state index contributed by atoms with van der Waals surface area (Å²) in [5.41, 5.74) is 2.28. The third-order valence-electron chi connectivity index (χ3n) is 5.11. The van der Waals surface area contributed by atoms with Crippen molar-refractivity contribution in [3.8, 4) is 0 Å². The van der Waals surface area contributed by atoms with Gasteiger partial charge in [0.2, 0.25) is 5.91 Å². The molecule has 7 nitrogen and oxygen atoms in total. The van der Waals surface area contributed by atoms with Crippen molar-refractivity contribution in [3.05, 3.63) is 38.0 Å². The predicted octanol–water partition coefficient (Wildman–Crippen LogP) is 3.90. The van der Waals surface area contributed by atoms with Crippen LogP contribution in [0.3, 0.4) is 0 Å². The van der Waals surface area contributed by atoms with E-state index in [1.807, 2.05) is 30.7 Å². The first-order valence-corrected chi connectivity index (χ1v) is 12.1. The maximum atomic E-state index is 12.6. The number of aliphatic imine (C=N–C) groups is 1. The van der Waals surface area contributed by atoms with Gasteiger partial charge in [-0.25, -0.2) is 4.98 Å². The highest BCUT2D eigenvalue weighted by Crippen LogP contribution is 2.24. The van der Waals surface area contributed by atoms with Gasteiger partial charge in [-0.3, -0.25) is 9.79 Å². The molecule has 0 bridgehead atoms. The summed E-state index contributed by atoms with van der Waals surface area (Å²) in [5.74, 6) is 0.963. The molecule has 0 fully saturated rings. The van der Waals surface area contributed by atoms with E-state index in [1.165, 1.54) is 10.4 Å². The molecule has 0 aliphatic carbocycles. The Kier molecular flexibility index (Phi) is 10.7. The molecule has 0 spiro atoms. The highest BCUT2D eigenvalue weighted by atomic mass is 127. The number of rotatable bonds is 8. The molecule has 10 heteroatoms. The molecular formula is C21H32IN5O2S2. The quantitative estimate of drug-likeness (QED) is 0.293. The summed E-state index contributed by atoms with van der Waals surface area (Å²) in [6, 6.07) is 2.13. The zero-order chi connectivity index (χ0) is 21.5. The number of carbonyl (C=O) groups excluding carboxylic acids is 1. The maximum absolute atomic E-state index is 12.6. The number of methoxy groups -OCH3 is 1. The minimum absolute atomic E-state index is 0. The zero-order valence-electron chi connectivity index (χ0n) is 18.6. The van der Waals surface area contributed by atoms with E-state index in [-0.39, 0.29) is 36.0 Å². The van der Waals surface area contributed by atoms with Crippen LogP contribution in [0, 0.1) is 0 Å². The largest absolute Gasteiger partial charge is 0.375 e. The summed E-state index contributed by atoms with van der Waals surface area (Å²) in [6.07, 6.45) is 1.39. The normalized spacial score (nSPS) is 14.6. The summed E-state index contributed by atoms with van der Waals surface area (Å²) < 4.78 is 5.34. The van der Waals surface area contributed by atoms with Crippen LogP contribution in [-0.2, 0) is 29.0 Å². The fourth-order valence-electron chi connectivity index (χ4n) is 3.35. The highest BCUT2D eigenvalue weighted by molar-refractivity contribution is 14.0. The lowest BCUT2D eigenvalue weighted by Crippen LogP contribution is -2.39. The van der Waals surface area contributed by atoms with Crippen LogP contribution in [-0.4, -0.2) is 60.4 Å². The van der Waals surface area contributed by atoms with E-state index < -0.39 is 0 Å². The average molecular weight is 578 g/mol. The standard InChI is InChI=1S/C21H31N5O2S2.HI/c1-5-22-21(25(3)13-17-14-30-20(24-17)15(2)28-4)23-9-6-19(27)26-10-7-18-16(12-26)8-11-29-18;/h8,11,14-15H,5-7,9-10,12-13H2,1-4H3,(H,22,23);1H. The van der Waals surface area contributed by atoms with Gasteiger partial charge >= 0.3 is 0 Å². The Bertz CT molecular complexity index is 870. The Morgan fingerprint density at radius 2 is 2.26 bits per heavy atom. The number of ether oxygens (including phenoxy) is 1. The lowest BCUT2D eigenvalue weighted by Gasteiger charge is -2.27. The van der Waals surface area contributed by atoms with Crippen LogP contribution in [0.25, 0.3) is 0 Å². The van der Waals surface area contributed by atoms with Crippen molar-refractivity contribution in [2.24, 2.45) is 4.99 Å². The monoisotopic (exact) mass is 577 g/mol. The van der Waals surface area contributed by atoms with Crippen molar-refractivity contribution in [3.63, 3.8) is 0 Å². The van der Waals surface area contributed by atoms with Gasteiger partial charge in [0.05, 0.1) is 18.8 Å². The molecular weight excluding hydrogens is 545 g/mol. The second-order valence-electron chi connectivity index (χ2n) is 7.33. The Balaban J connectivity index is 0.00000341. The molecule has 0 saturated heterocycles. The van der Waals surface area contributed by atoms with Crippen LogP contribution in [0.2, 0.25) is 0 Å². The smallest absolute Gasteiger partial charge is 0.224 e. The van der Waals surface area contributed by atoms with E-state index in [4.69, 9.17) is 4.74 Å². The lowest BCUT2D eigenvalue weighted by molar-refractivity contribution is -0.131. The summed E-state index contributed by atoms with van der Waals surface area (Å²) in [4.78, 5) is 27.4. The van der Waals surface area contributed by atoms with Gasteiger partial charge < -0.3 is 19.9 Å². The summed E-state index contributed by atoms with van der Waals surface area (Å²) in [5, 5.41) is 8.46. The number of halogens is 1. The maximum Gasteiger partial charge on any atom is 0.224 e. The van der Waals surface area contributed by atoms with Gasteiger partial charge in [-0.1, -0.05) is 0 Å². The first-order chi connectivity index (χ1) is 14.5. The van der Waals surface area contributed by atoms with Gasteiger partial charge in [0, 0.05) is 50.5 Å². The van der Waals surface area contributed by atoms with Gasteiger partial charge in [-0.05, 0) is 37.3 Å². The summed E-state index contributed by atoms with van der Waals surface area (Å²) >= 11 is 3.40. The molecule has 0 radical (unpaired) electrons. The number of thiazole rings is 1. The second-order valence-corrected chi connectivity index (χ2v) is 9.22. The number of thiophene rings is 1. The molecule has 1 atom stereocenters. The molecule has 172 valence electrons. The fourth-order valence-corrected chi connectivity index (χ4v) is 5.08. The van der Waals surface area contributed by atoms with Gasteiger partial charge in [-0.15, -0.1) is 46.7 Å². The van der Waals surface area contributed by atoms with Crippen molar-refractivity contribution in [1.82, 2.24) is 20.1 Å². The number of fused-ring (bicyclic) bond motifs is 1. The number of hydrogen-bond acceptors (Lipinski definition) is 6. The topological polar surface area (TPSA) is 70.1 Å². The molecule has 1 N–H and O–H groups in total. The van der Waals surface area contributed by atoms with Crippen LogP contribution in [0.15, 0.2) is 21.8 Å². The Hall–Kier alpha value is -1.24. The van der Waals surface area contributed by atoms with Crippen LogP contribution >= 0.6 is 46.7 Å². The average Bonchev–Trinajstić information content (AvgIpc) is 3.41. The molecule has 3 heterocycles. The summed E-state index contributed by atoms with van der Waals surface area (Å²) in [6.45, 7) is 7.47. The molecule has 1 aliphatic heterocycles. The van der Waals surface area contributed by atoms with Crippen molar-refractivity contribution < 1.29 is 9.53 Å². The molecule has 0 aromatic carbocycles. The lowest BCUT2D eigenvalue weighted by atomic mass is 10.1. The van der Waals surface area contributed by atoms with E-state index in [2.05, 4.69) is 32.1 Å². The van der Waals surface area contributed by atoms with Crippen LogP contribution in [0.5, 0.6) is 0 Å². The Morgan fingerprint density at radius 1 is 1.45 bits per heavy atom. The van der Waals surface area contributed by atoms with Crippen LogP contribution in [0.4, 0.5) is 0 Å². The first-order valence-electron chi connectivity index (χ1n) is 10.3. The SMILES string of the molecule is CCNC(=NCCC(=O)N1CCc2sccc2C1)N(C)Cc1csc(C(C)OC)n1.I. The molecule has 31 heavy (non-hydrogen) atoms. The number of amides is 1. The van der Waals surface area contributed by atoms with Gasteiger partial charge in [0.15, 0.2) is 5.96 Å². The van der Waals surface area contributed by atoms with E-state index in [9.17, 15) is 4.79 Å². The third-order valence-corrected chi connectivity index (χ3v) is 7.19. The van der Waals surface area contributed by atoms with Gasteiger partial charge in [0.1, 0.15) is 11.1 Å². The molecule has 1 amide bonds. The number of hydrogen-bond donors (Lipinski definition) is 1. The van der Waals surface area contributed by atoms with E-state index in [0.717, 1.165) is 42.7 Å². The second kappa shape index (κ2) is 12.7. The van der Waals surface area contributed by atoms with Gasteiger partial charge in [-0.2, -0.15) is 0 Å². The van der Waals surface area contributed by atoms with E-state index in [1.54, 1.807) is 29.8 Å². The highest BCUT2D eigenvalue weighted by Gasteiger charge is 2.21. The van der Waals surface area contributed by atoms with Crippen molar-refractivity contribution in [2.75, 3.05) is 33.8 Å². The molecule has 2 aromatic heterocycles. The molecule has 0 saturated carbocycles. The molecule has 1 unspecified atom stereocenters. The van der Waals surface area contributed by atoms with Gasteiger partial charge in [0.25, 0.3) is 0 Å². The van der Waals surface area contributed by atoms with Crippen LogP contribution < -0.4 is 5.32 Å². The Morgan fingerprint density at radius 3 is 3.00 bits per heavy atom. The molecule has 1 aliphatic rings. The molecule has 2 aromatic rings. The minimum Gasteiger partial charge on any atom is -0.375 e. The number of carbonyl (C=O) groups is 1. The molecule has 3 rings (SSSR count). The number of nitrogens with zero attached hydrogens (tertiary/aromatic N) is 4. The fraction of sp³-hybridized carbons (Fsp3) is 0.571. The predicted molar refractivity (Wildman–Crippen MR) is 138 cm³/mol. The van der Waals surface area contributed by atoms with Crippen LogP contribution in [0.1, 0.15) is 47.5 Å². The zero-order valence-corrected chi connectivity index (χ0v) is 22.6. The Labute approximate surface area is 209 Å². The number of aromatic nitrogens is 1. The van der Waals surface area contributed by atoms with E-state index >= 15 is 0 Å². The van der Waals surface area contributed by atoms with Crippen molar-refractivity contribution in [2.45, 2.75) is 45.9 Å². The minimum atomic E-state index is 0. The summed E-state index contributed by atoms with van der Waals surface area (Å²) in [7, 11) is 3.68. The van der Waals surface area contributed by atoms with E-state index in [0.29, 0.717) is 19.5 Å². The number of guanidine groups is 1. The first kappa shape index (κ1) is 26.0. The third kappa shape index (κ3) is 7.13. The van der Waals surface area contributed by atoms with Crippen molar-refractivity contribution in [1.29, 1.82) is 0 Å². The van der Waals surface area contributed by atoms with Crippen molar-refractivity contribution >= 4 is 58.5 Å². The number of nitrogens with one attached hydrogen (secondary N) is 1.